The van der Waals surface area contributed by atoms with Gasteiger partial charge < -0.3 is 4.74 Å². The van der Waals surface area contributed by atoms with Crippen molar-refractivity contribution in [3.8, 4) is 5.88 Å². The molecular weight excluding hydrogens is 216 g/mol. The summed E-state index contributed by atoms with van der Waals surface area (Å²) in [4.78, 5) is 0. The summed E-state index contributed by atoms with van der Waals surface area (Å²) in [5.41, 5.74) is 0.522. The van der Waals surface area contributed by atoms with E-state index in [4.69, 9.17) is 4.74 Å². The third-order valence-electron chi connectivity index (χ3n) is 2.53. The SMILES string of the molecule is COc1ccc(C2CCCS2(=O)=O)nn1. The summed E-state index contributed by atoms with van der Waals surface area (Å²) >= 11 is 0. The van der Waals surface area contributed by atoms with Gasteiger partial charge >= 0.3 is 0 Å². The molecule has 0 saturated carbocycles. The van der Waals surface area contributed by atoms with Crippen molar-refractivity contribution in [1.29, 1.82) is 0 Å². The Kier molecular flexibility index (Phi) is 2.60. The topological polar surface area (TPSA) is 69.2 Å². The molecule has 1 aliphatic rings. The molecule has 1 atom stereocenters. The molecule has 1 aromatic heterocycles. The van der Waals surface area contributed by atoms with Crippen molar-refractivity contribution in [3.05, 3.63) is 17.8 Å². The van der Waals surface area contributed by atoms with Gasteiger partial charge in [-0.15, -0.1) is 5.10 Å². The van der Waals surface area contributed by atoms with Crippen molar-refractivity contribution < 1.29 is 13.2 Å². The maximum Gasteiger partial charge on any atom is 0.233 e. The van der Waals surface area contributed by atoms with E-state index in [0.29, 0.717) is 24.4 Å². The van der Waals surface area contributed by atoms with Crippen LogP contribution in [-0.2, 0) is 9.84 Å². The second-order valence-electron chi connectivity index (χ2n) is 3.50. The standard InChI is InChI=1S/C9H12N2O3S/c1-14-9-5-4-7(10-11-9)8-3-2-6-15(8,12)13/h4-5,8H,2-3,6H2,1H3. The highest BCUT2D eigenvalue weighted by Gasteiger charge is 2.33. The van der Waals surface area contributed by atoms with E-state index in [2.05, 4.69) is 10.2 Å². The highest BCUT2D eigenvalue weighted by Crippen LogP contribution is 2.33. The first kappa shape index (κ1) is 10.4. The number of rotatable bonds is 2. The summed E-state index contributed by atoms with van der Waals surface area (Å²) in [5.74, 6) is 0.653. The molecule has 1 fully saturated rings. The minimum atomic E-state index is -3.00. The van der Waals surface area contributed by atoms with Crippen LogP contribution in [0.2, 0.25) is 0 Å². The van der Waals surface area contributed by atoms with Crippen LogP contribution in [0, 0.1) is 0 Å². The van der Waals surface area contributed by atoms with Gasteiger partial charge in [-0.05, 0) is 18.9 Å². The van der Waals surface area contributed by atoms with Gasteiger partial charge in [-0.3, -0.25) is 0 Å². The number of aromatic nitrogens is 2. The van der Waals surface area contributed by atoms with E-state index < -0.39 is 15.1 Å². The van der Waals surface area contributed by atoms with Crippen molar-refractivity contribution >= 4 is 9.84 Å². The van der Waals surface area contributed by atoms with E-state index >= 15 is 0 Å². The van der Waals surface area contributed by atoms with E-state index in [1.165, 1.54) is 7.11 Å². The zero-order valence-corrected chi connectivity index (χ0v) is 9.20. The van der Waals surface area contributed by atoms with E-state index in [9.17, 15) is 8.42 Å². The van der Waals surface area contributed by atoms with Gasteiger partial charge in [0.05, 0.1) is 18.6 Å². The Hall–Kier alpha value is -1.17. The van der Waals surface area contributed by atoms with Crippen LogP contribution in [-0.4, -0.2) is 31.5 Å². The van der Waals surface area contributed by atoms with Crippen molar-refractivity contribution in [2.75, 3.05) is 12.9 Å². The zero-order chi connectivity index (χ0) is 10.9. The minimum Gasteiger partial charge on any atom is -0.480 e. The number of hydrogen-bond acceptors (Lipinski definition) is 5. The molecule has 15 heavy (non-hydrogen) atoms. The molecule has 0 amide bonds. The monoisotopic (exact) mass is 228 g/mol. The van der Waals surface area contributed by atoms with Crippen molar-refractivity contribution in [2.24, 2.45) is 0 Å². The third kappa shape index (κ3) is 1.94. The summed E-state index contributed by atoms with van der Waals surface area (Å²) in [6, 6.07) is 3.30. The molecule has 0 N–H and O–H groups in total. The van der Waals surface area contributed by atoms with Crippen LogP contribution < -0.4 is 4.74 Å². The minimum absolute atomic E-state index is 0.255. The predicted molar refractivity (Wildman–Crippen MR) is 54.3 cm³/mol. The number of sulfone groups is 1. The van der Waals surface area contributed by atoms with E-state index in [-0.39, 0.29) is 5.75 Å². The van der Waals surface area contributed by atoms with Crippen LogP contribution >= 0.6 is 0 Å². The predicted octanol–water partition coefficient (Wildman–Crippen LogP) is 0.735. The highest BCUT2D eigenvalue weighted by atomic mass is 32.2. The number of hydrogen-bond donors (Lipinski definition) is 0. The molecule has 1 aromatic rings. The molecule has 1 aliphatic heterocycles. The van der Waals surface area contributed by atoms with Crippen LogP contribution in [0.5, 0.6) is 5.88 Å². The van der Waals surface area contributed by atoms with E-state index in [1.54, 1.807) is 12.1 Å². The Bertz CT molecular complexity index is 441. The van der Waals surface area contributed by atoms with Crippen LogP contribution in [0.15, 0.2) is 12.1 Å². The number of methoxy groups -OCH3 is 1. The van der Waals surface area contributed by atoms with Gasteiger partial charge in [-0.1, -0.05) is 0 Å². The number of nitrogens with zero attached hydrogens (tertiary/aromatic N) is 2. The smallest absolute Gasteiger partial charge is 0.233 e. The van der Waals surface area contributed by atoms with Crippen LogP contribution in [0.4, 0.5) is 0 Å². The molecule has 1 unspecified atom stereocenters. The van der Waals surface area contributed by atoms with Gasteiger partial charge in [-0.25, -0.2) is 8.42 Å². The molecule has 0 aliphatic carbocycles. The van der Waals surface area contributed by atoms with Gasteiger partial charge in [0.2, 0.25) is 5.88 Å². The Morgan fingerprint density at radius 1 is 1.40 bits per heavy atom. The molecule has 5 nitrogen and oxygen atoms in total. The lowest BCUT2D eigenvalue weighted by atomic mass is 10.2. The first-order chi connectivity index (χ1) is 7.13. The fraction of sp³-hybridized carbons (Fsp3) is 0.556. The first-order valence-corrected chi connectivity index (χ1v) is 6.44. The second-order valence-corrected chi connectivity index (χ2v) is 5.80. The summed E-state index contributed by atoms with van der Waals surface area (Å²) in [7, 11) is -1.51. The summed E-state index contributed by atoms with van der Waals surface area (Å²) in [6.45, 7) is 0. The van der Waals surface area contributed by atoms with E-state index in [0.717, 1.165) is 0 Å². The molecule has 0 spiro atoms. The summed E-state index contributed by atoms with van der Waals surface area (Å²) < 4.78 is 28.1. The van der Waals surface area contributed by atoms with Gasteiger partial charge in [0.1, 0.15) is 5.25 Å². The molecule has 0 aromatic carbocycles. The highest BCUT2D eigenvalue weighted by molar-refractivity contribution is 7.91. The molecule has 1 saturated heterocycles. The Labute approximate surface area is 88.4 Å². The average molecular weight is 228 g/mol. The van der Waals surface area contributed by atoms with Crippen LogP contribution in [0.3, 0.4) is 0 Å². The molecule has 2 rings (SSSR count). The Morgan fingerprint density at radius 3 is 2.67 bits per heavy atom. The average Bonchev–Trinajstić information content (AvgIpc) is 2.58. The molecule has 0 radical (unpaired) electrons. The lowest BCUT2D eigenvalue weighted by Crippen LogP contribution is -2.10. The quantitative estimate of drug-likeness (QED) is 0.746. The molecule has 82 valence electrons. The molecule has 0 bridgehead atoms. The lowest BCUT2D eigenvalue weighted by Gasteiger charge is -2.07. The Balaban J connectivity index is 2.30. The van der Waals surface area contributed by atoms with E-state index in [1.807, 2.05) is 0 Å². The normalized spacial score (nSPS) is 23.9. The van der Waals surface area contributed by atoms with Gasteiger partial charge in [-0.2, -0.15) is 5.10 Å². The lowest BCUT2D eigenvalue weighted by molar-refractivity contribution is 0.391. The maximum absolute atomic E-state index is 11.6. The third-order valence-corrected chi connectivity index (χ3v) is 4.73. The fourth-order valence-electron chi connectivity index (χ4n) is 1.73. The fourth-order valence-corrected chi connectivity index (χ4v) is 3.61. The zero-order valence-electron chi connectivity index (χ0n) is 8.38. The van der Waals surface area contributed by atoms with Crippen LogP contribution in [0.25, 0.3) is 0 Å². The van der Waals surface area contributed by atoms with Gasteiger partial charge in [0.15, 0.2) is 9.84 Å². The summed E-state index contributed by atoms with van der Waals surface area (Å²) in [6.07, 6.45) is 1.35. The van der Waals surface area contributed by atoms with Crippen molar-refractivity contribution in [3.63, 3.8) is 0 Å². The maximum atomic E-state index is 11.6. The Morgan fingerprint density at radius 2 is 2.20 bits per heavy atom. The van der Waals surface area contributed by atoms with Gasteiger partial charge in [0, 0.05) is 6.07 Å². The molecular formula is C9H12N2O3S. The van der Waals surface area contributed by atoms with Crippen molar-refractivity contribution in [1.82, 2.24) is 10.2 Å². The first-order valence-electron chi connectivity index (χ1n) is 4.72. The largest absolute Gasteiger partial charge is 0.480 e. The van der Waals surface area contributed by atoms with Crippen LogP contribution in [0.1, 0.15) is 23.8 Å². The number of ether oxygens (including phenoxy) is 1. The summed E-state index contributed by atoms with van der Waals surface area (Å²) in [5, 5.41) is 7.17. The van der Waals surface area contributed by atoms with Crippen molar-refractivity contribution in [2.45, 2.75) is 18.1 Å². The molecule has 6 heteroatoms. The molecule has 2 heterocycles. The second kappa shape index (κ2) is 3.77. The van der Waals surface area contributed by atoms with Gasteiger partial charge in [0.25, 0.3) is 0 Å².